The topological polar surface area (TPSA) is 56.5 Å². The highest BCUT2D eigenvalue weighted by Crippen LogP contribution is 2.25. The van der Waals surface area contributed by atoms with Crippen LogP contribution in [0, 0.1) is 0 Å². The molecule has 5 rings (SSSR count). The van der Waals surface area contributed by atoms with Crippen LogP contribution in [0.15, 0.2) is 61.1 Å². The van der Waals surface area contributed by atoms with Crippen molar-refractivity contribution in [2.45, 2.75) is 12.8 Å². The van der Waals surface area contributed by atoms with E-state index in [4.69, 9.17) is 4.98 Å². The lowest BCUT2D eigenvalue weighted by Crippen LogP contribution is -2.03. The van der Waals surface area contributed by atoms with Gasteiger partial charge >= 0.3 is 0 Å². The highest BCUT2D eigenvalue weighted by molar-refractivity contribution is 6.04. The zero-order valence-electron chi connectivity index (χ0n) is 14.4. The Labute approximate surface area is 150 Å². The predicted molar refractivity (Wildman–Crippen MR) is 103 cm³/mol. The van der Waals surface area contributed by atoms with E-state index in [9.17, 15) is 0 Å². The third kappa shape index (κ3) is 2.40. The maximum absolute atomic E-state index is 4.91. The minimum atomic E-state index is 0.750. The minimum absolute atomic E-state index is 0.750. The van der Waals surface area contributed by atoms with Crippen molar-refractivity contribution in [1.29, 1.82) is 0 Å². The number of benzene rings is 2. The fourth-order valence-electron chi connectivity index (χ4n) is 3.45. The van der Waals surface area contributed by atoms with Crippen LogP contribution >= 0.6 is 0 Å². The van der Waals surface area contributed by atoms with E-state index in [0.717, 1.165) is 46.4 Å². The van der Waals surface area contributed by atoms with Crippen molar-refractivity contribution in [3.05, 3.63) is 72.7 Å². The maximum Gasteiger partial charge on any atom is 0.129 e. The second-order valence-corrected chi connectivity index (χ2v) is 6.46. The molecular formula is C21H17N5. The number of rotatable bonds is 3. The van der Waals surface area contributed by atoms with Crippen LogP contribution in [0.1, 0.15) is 11.6 Å². The van der Waals surface area contributed by atoms with E-state index in [-0.39, 0.29) is 0 Å². The molecule has 0 unspecified atom stereocenters. The highest BCUT2D eigenvalue weighted by atomic mass is 15.1. The van der Waals surface area contributed by atoms with Gasteiger partial charge in [-0.3, -0.25) is 4.98 Å². The largest absolute Gasteiger partial charge is 0.331 e. The molecule has 3 aromatic heterocycles. The van der Waals surface area contributed by atoms with E-state index in [2.05, 4.69) is 63.0 Å². The van der Waals surface area contributed by atoms with Crippen molar-refractivity contribution < 1.29 is 0 Å². The summed E-state index contributed by atoms with van der Waals surface area (Å²) in [7, 11) is 2.07. The molecular weight excluding hydrogens is 322 g/mol. The van der Waals surface area contributed by atoms with Crippen molar-refractivity contribution in [3.63, 3.8) is 0 Å². The molecule has 0 saturated carbocycles. The molecule has 0 amide bonds. The molecule has 0 fully saturated rings. The van der Waals surface area contributed by atoms with Crippen LogP contribution in [0.2, 0.25) is 0 Å². The summed E-state index contributed by atoms with van der Waals surface area (Å²) in [6.45, 7) is 0. The summed E-state index contributed by atoms with van der Waals surface area (Å²) in [6, 6.07) is 14.6. The van der Waals surface area contributed by atoms with Crippen LogP contribution in [-0.2, 0) is 19.9 Å². The predicted octanol–water partition coefficient (Wildman–Crippen LogP) is 3.85. The SMILES string of the molecule is Cn1c(CCc2ncc3ccncc3n2)nc2c3ccccc3ccc21. The first kappa shape index (κ1) is 15.0. The Bertz CT molecular complexity index is 1260. The van der Waals surface area contributed by atoms with Gasteiger partial charge in [0, 0.05) is 43.1 Å². The number of nitrogens with zero attached hydrogens (tertiary/aromatic N) is 5. The van der Waals surface area contributed by atoms with Gasteiger partial charge in [0.25, 0.3) is 0 Å². The number of fused-ring (bicyclic) bond motifs is 4. The number of hydrogen-bond donors (Lipinski definition) is 0. The van der Waals surface area contributed by atoms with E-state index in [1.807, 2.05) is 12.3 Å². The van der Waals surface area contributed by atoms with E-state index >= 15 is 0 Å². The van der Waals surface area contributed by atoms with Gasteiger partial charge in [-0.05, 0) is 17.5 Å². The molecule has 126 valence electrons. The molecule has 0 radical (unpaired) electrons. The summed E-state index contributed by atoms with van der Waals surface area (Å²) < 4.78 is 2.17. The van der Waals surface area contributed by atoms with Gasteiger partial charge in [0.1, 0.15) is 11.6 Å². The van der Waals surface area contributed by atoms with Gasteiger partial charge in [0.2, 0.25) is 0 Å². The van der Waals surface area contributed by atoms with Crippen molar-refractivity contribution in [2.24, 2.45) is 7.05 Å². The fourth-order valence-corrected chi connectivity index (χ4v) is 3.45. The Morgan fingerprint density at radius 1 is 0.885 bits per heavy atom. The zero-order valence-corrected chi connectivity index (χ0v) is 14.4. The van der Waals surface area contributed by atoms with Crippen molar-refractivity contribution in [1.82, 2.24) is 24.5 Å². The van der Waals surface area contributed by atoms with Crippen LogP contribution in [0.5, 0.6) is 0 Å². The van der Waals surface area contributed by atoms with Gasteiger partial charge in [-0.25, -0.2) is 15.0 Å². The summed E-state index contributed by atoms with van der Waals surface area (Å²) in [5, 5.41) is 3.42. The molecule has 0 atom stereocenters. The molecule has 3 heterocycles. The normalized spacial score (nSPS) is 11.6. The standard InChI is InChI=1S/C21H17N5/c1-26-18-7-6-14-4-2-3-5-16(14)21(18)25-20(26)9-8-19-23-12-15-10-11-22-13-17(15)24-19/h2-7,10-13H,8-9H2,1H3. The summed E-state index contributed by atoms with van der Waals surface area (Å²) >= 11 is 0. The fraction of sp³-hybridized carbons (Fsp3) is 0.143. The lowest BCUT2D eigenvalue weighted by atomic mass is 10.1. The summed E-state index contributed by atoms with van der Waals surface area (Å²) in [5.41, 5.74) is 3.10. The van der Waals surface area contributed by atoms with Crippen molar-refractivity contribution in [2.75, 3.05) is 0 Å². The van der Waals surface area contributed by atoms with E-state index in [1.165, 1.54) is 10.8 Å². The summed E-state index contributed by atoms with van der Waals surface area (Å²) in [4.78, 5) is 18.1. The number of aromatic nitrogens is 5. The quantitative estimate of drug-likeness (QED) is 0.501. The van der Waals surface area contributed by atoms with Gasteiger partial charge < -0.3 is 4.57 Å². The number of pyridine rings is 1. The van der Waals surface area contributed by atoms with Crippen LogP contribution in [0.3, 0.4) is 0 Å². The average molecular weight is 339 g/mol. The third-order valence-electron chi connectivity index (χ3n) is 4.88. The van der Waals surface area contributed by atoms with Crippen molar-refractivity contribution in [3.8, 4) is 0 Å². The third-order valence-corrected chi connectivity index (χ3v) is 4.88. The van der Waals surface area contributed by atoms with Gasteiger partial charge in [-0.15, -0.1) is 0 Å². The monoisotopic (exact) mass is 339 g/mol. The molecule has 26 heavy (non-hydrogen) atoms. The Morgan fingerprint density at radius 3 is 2.77 bits per heavy atom. The molecule has 5 heteroatoms. The van der Waals surface area contributed by atoms with Crippen LogP contribution in [-0.4, -0.2) is 24.5 Å². The van der Waals surface area contributed by atoms with Gasteiger partial charge in [0.05, 0.1) is 22.7 Å². The maximum atomic E-state index is 4.91. The number of imidazole rings is 1. The van der Waals surface area contributed by atoms with Crippen molar-refractivity contribution >= 4 is 32.7 Å². The first-order valence-electron chi connectivity index (χ1n) is 8.68. The Morgan fingerprint density at radius 2 is 1.81 bits per heavy atom. The molecule has 5 aromatic rings. The van der Waals surface area contributed by atoms with Gasteiger partial charge in [-0.2, -0.15) is 0 Å². The van der Waals surface area contributed by atoms with E-state index < -0.39 is 0 Å². The molecule has 0 bridgehead atoms. The second-order valence-electron chi connectivity index (χ2n) is 6.46. The number of aryl methyl sites for hydroxylation is 3. The van der Waals surface area contributed by atoms with Gasteiger partial charge in [0.15, 0.2) is 0 Å². The molecule has 0 saturated heterocycles. The molecule has 0 N–H and O–H groups in total. The molecule has 0 aliphatic carbocycles. The molecule has 0 spiro atoms. The highest BCUT2D eigenvalue weighted by Gasteiger charge is 2.11. The zero-order chi connectivity index (χ0) is 17.5. The van der Waals surface area contributed by atoms with E-state index in [1.54, 1.807) is 12.4 Å². The Kier molecular flexibility index (Phi) is 3.38. The van der Waals surface area contributed by atoms with E-state index in [0.29, 0.717) is 0 Å². The molecule has 0 aliphatic heterocycles. The molecule has 5 nitrogen and oxygen atoms in total. The second kappa shape index (κ2) is 5.88. The Balaban J connectivity index is 1.50. The summed E-state index contributed by atoms with van der Waals surface area (Å²) in [5.74, 6) is 1.87. The lowest BCUT2D eigenvalue weighted by Gasteiger charge is -2.03. The summed E-state index contributed by atoms with van der Waals surface area (Å²) in [6.07, 6.45) is 6.95. The first-order valence-corrected chi connectivity index (χ1v) is 8.68. The lowest BCUT2D eigenvalue weighted by molar-refractivity contribution is 0.762. The first-order chi connectivity index (χ1) is 12.8. The average Bonchev–Trinajstić information content (AvgIpc) is 3.02. The molecule has 0 aliphatic rings. The van der Waals surface area contributed by atoms with Crippen LogP contribution in [0.25, 0.3) is 32.7 Å². The Hall–Kier alpha value is -3.34. The molecule has 2 aromatic carbocycles. The van der Waals surface area contributed by atoms with Crippen LogP contribution in [0.4, 0.5) is 0 Å². The minimum Gasteiger partial charge on any atom is -0.331 e. The van der Waals surface area contributed by atoms with Gasteiger partial charge in [-0.1, -0.05) is 30.3 Å². The smallest absolute Gasteiger partial charge is 0.129 e. The van der Waals surface area contributed by atoms with Crippen LogP contribution < -0.4 is 0 Å². The number of hydrogen-bond acceptors (Lipinski definition) is 4.